The van der Waals surface area contributed by atoms with Crippen LogP contribution in [0, 0.1) is 0 Å². The zero-order valence-electron chi connectivity index (χ0n) is 9.32. The van der Waals surface area contributed by atoms with Crippen LogP contribution in [-0.4, -0.2) is 21.2 Å². The second kappa shape index (κ2) is 4.56. The molecule has 0 aliphatic carbocycles. The van der Waals surface area contributed by atoms with Crippen molar-refractivity contribution in [1.82, 2.24) is 0 Å². The van der Waals surface area contributed by atoms with Crippen LogP contribution in [0.15, 0.2) is 24.3 Å². The number of nitrogens with zero attached hydrogens (tertiary/aromatic N) is 1. The monoisotopic (exact) mass is 267 g/mol. The van der Waals surface area contributed by atoms with Crippen molar-refractivity contribution in [2.24, 2.45) is 0 Å². The Morgan fingerprint density at radius 2 is 1.88 bits per heavy atom. The predicted octanol–water partition coefficient (Wildman–Crippen LogP) is 2.49. The molecule has 0 amide bonds. The van der Waals surface area contributed by atoms with Crippen molar-refractivity contribution < 1.29 is 21.6 Å². The van der Waals surface area contributed by atoms with Gasteiger partial charge >= 0.3 is 6.18 Å². The molecule has 0 bridgehead atoms. The summed E-state index contributed by atoms with van der Waals surface area (Å²) >= 11 is 0. The molecule has 0 N–H and O–H groups in total. The summed E-state index contributed by atoms with van der Waals surface area (Å²) in [5.41, 5.74) is -0.845. The molecule has 1 rings (SSSR count). The first-order chi connectivity index (χ1) is 7.66. The fourth-order valence-corrected chi connectivity index (χ4v) is 2.41. The highest BCUT2D eigenvalue weighted by atomic mass is 32.2. The van der Waals surface area contributed by atoms with E-state index in [9.17, 15) is 21.6 Å². The van der Waals surface area contributed by atoms with Gasteiger partial charge in [0.25, 0.3) is 0 Å². The predicted molar refractivity (Wildman–Crippen MR) is 59.3 cm³/mol. The molecule has 3 nitrogen and oxygen atoms in total. The first-order valence-electron chi connectivity index (χ1n) is 4.81. The number of halogens is 3. The van der Waals surface area contributed by atoms with Crippen molar-refractivity contribution in [3.8, 4) is 0 Å². The lowest BCUT2D eigenvalue weighted by molar-refractivity contribution is -0.137. The number of sulfonamides is 1. The van der Waals surface area contributed by atoms with E-state index in [1.165, 1.54) is 12.1 Å². The standard InChI is InChI=1S/C10H12F3NO2S/c1-3-14(17(2,15)16)9-6-4-5-8(7-9)10(11,12)13/h4-7H,3H2,1-2H3. The Morgan fingerprint density at radius 1 is 1.29 bits per heavy atom. The normalized spacial score (nSPS) is 12.5. The lowest BCUT2D eigenvalue weighted by Gasteiger charge is -2.21. The minimum Gasteiger partial charge on any atom is -0.271 e. The van der Waals surface area contributed by atoms with Crippen LogP contribution in [0.4, 0.5) is 18.9 Å². The fourth-order valence-electron chi connectivity index (χ4n) is 1.45. The van der Waals surface area contributed by atoms with E-state index in [4.69, 9.17) is 0 Å². The molecule has 0 radical (unpaired) electrons. The Morgan fingerprint density at radius 3 is 2.29 bits per heavy atom. The summed E-state index contributed by atoms with van der Waals surface area (Å²) in [6.45, 7) is 1.64. The fraction of sp³-hybridized carbons (Fsp3) is 0.400. The summed E-state index contributed by atoms with van der Waals surface area (Å²) in [5.74, 6) is 0. The van der Waals surface area contributed by atoms with Gasteiger partial charge in [0, 0.05) is 6.54 Å². The molecular formula is C10H12F3NO2S. The Labute approximate surface area is 97.9 Å². The SMILES string of the molecule is CCN(c1cccc(C(F)(F)F)c1)S(C)(=O)=O. The van der Waals surface area contributed by atoms with Gasteiger partial charge in [-0.25, -0.2) is 8.42 Å². The van der Waals surface area contributed by atoms with Crippen LogP contribution in [0.25, 0.3) is 0 Å². The Kier molecular flexibility index (Phi) is 3.71. The highest BCUT2D eigenvalue weighted by Gasteiger charge is 2.31. The molecule has 1 aromatic rings. The highest BCUT2D eigenvalue weighted by Crippen LogP contribution is 2.32. The van der Waals surface area contributed by atoms with Crippen molar-refractivity contribution in [1.29, 1.82) is 0 Å². The molecule has 0 aromatic heterocycles. The molecule has 0 unspecified atom stereocenters. The van der Waals surface area contributed by atoms with Crippen molar-refractivity contribution in [3.05, 3.63) is 29.8 Å². The van der Waals surface area contributed by atoms with E-state index in [1.807, 2.05) is 0 Å². The summed E-state index contributed by atoms with van der Waals surface area (Å²) in [6, 6.07) is 4.25. The van der Waals surface area contributed by atoms with E-state index in [0.29, 0.717) is 0 Å². The number of hydrogen-bond acceptors (Lipinski definition) is 2. The van der Waals surface area contributed by atoms with Gasteiger partial charge in [-0.15, -0.1) is 0 Å². The van der Waals surface area contributed by atoms with E-state index < -0.39 is 21.8 Å². The maximum atomic E-state index is 12.5. The molecule has 0 heterocycles. The van der Waals surface area contributed by atoms with Crippen LogP contribution in [0.1, 0.15) is 12.5 Å². The topological polar surface area (TPSA) is 37.4 Å². The zero-order valence-corrected chi connectivity index (χ0v) is 10.1. The quantitative estimate of drug-likeness (QED) is 0.843. The number of alkyl halides is 3. The third-order valence-corrected chi connectivity index (χ3v) is 3.42. The van der Waals surface area contributed by atoms with E-state index in [1.54, 1.807) is 6.92 Å². The maximum absolute atomic E-state index is 12.5. The molecular weight excluding hydrogens is 255 g/mol. The van der Waals surface area contributed by atoms with Gasteiger partial charge in [-0.05, 0) is 25.1 Å². The molecule has 0 fully saturated rings. The second-order valence-electron chi connectivity index (χ2n) is 3.48. The lowest BCUT2D eigenvalue weighted by atomic mass is 10.2. The van der Waals surface area contributed by atoms with Gasteiger partial charge in [0.15, 0.2) is 0 Å². The third-order valence-electron chi connectivity index (χ3n) is 2.15. The Hall–Kier alpha value is -1.24. The van der Waals surface area contributed by atoms with Crippen molar-refractivity contribution in [2.75, 3.05) is 17.1 Å². The van der Waals surface area contributed by atoms with Crippen LogP contribution >= 0.6 is 0 Å². The average Bonchev–Trinajstić information content (AvgIpc) is 2.15. The number of rotatable bonds is 3. The summed E-state index contributed by atoms with van der Waals surface area (Å²) in [4.78, 5) is 0. The van der Waals surface area contributed by atoms with E-state index >= 15 is 0 Å². The lowest BCUT2D eigenvalue weighted by Crippen LogP contribution is -2.29. The van der Waals surface area contributed by atoms with Crippen molar-refractivity contribution in [3.63, 3.8) is 0 Å². The largest absolute Gasteiger partial charge is 0.416 e. The van der Waals surface area contributed by atoms with Gasteiger partial charge in [-0.1, -0.05) is 6.07 Å². The van der Waals surface area contributed by atoms with E-state index in [2.05, 4.69) is 0 Å². The Bertz CT molecular complexity index is 497. The smallest absolute Gasteiger partial charge is 0.271 e. The third kappa shape index (κ3) is 3.36. The van der Waals surface area contributed by atoms with Gasteiger partial charge in [0.1, 0.15) is 0 Å². The molecule has 0 aliphatic heterocycles. The molecule has 17 heavy (non-hydrogen) atoms. The van der Waals surface area contributed by atoms with Crippen LogP contribution in [0.2, 0.25) is 0 Å². The van der Waals surface area contributed by atoms with Crippen molar-refractivity contribution >= 4 is 15.7 Å². The second-order valence-corrected chi connectivity index (χ2v) is 5.38. The highest BCUT2D eigenvalue weighted by molar-refractivity contribution is 7.92. The van der Waals surface area contributed by atoms with Crippen LogP contribution < -0.4 is 4.31 Å². The molecule has 0 saturated carbocycles. The van der Waals surface area contributed by atoms with Crippen LogP contribution in [-0.2, 0) is 16.2 Å². The first kappa shape index (κ1) is 13.8. The maximum Gasteiger partial charge on any atom is 0.416 e. The molecule has 7 heteroatoms. The minimum absolute atomic E-state index is 0.0184. The molecule has 0 atom stereocenters. The molecule has 0 spiro atoms. The van der Waals surface area contributed by atoms with E-state index in [0.717, 1.165) is 22.7 Å². The number of anilines is 1. The van der Waals surface area contributed by atoms with E-state index in [-0.39, 0.29) is 12.2 Å². The van der Waals surface area contributed by atoms with Gasteiger partial charge in [0.2, 0.25) is 10.0 Å². The summed E-state index contributed by atoms with van der Waals surface area (Å²) in [6.07, 6.45) is -3.52. The molecule has 96 valence electrons. The molecule has 1 aromatic carbocycles. The zero-order chi connectivity index (χ0) is 13.3. The molecule has 0 aliphatic rings. The van der Waals surface area contributed by atoms with Gasteiger partial charge in [-0.2, -0.15) is 13.2 Å². The molecule has 0 saturated heterocycles. The van der Waals surface area contributed by atoms with Crippen LogP contribution in [0.5, 0.6) is 0 Å². The van der Waals surface area contributed by atoms with Gasteiger partial charge in [-0.3, -0.25) is 4.31 Å². The summed E-state index contributed by atoms with van der Waals surface area (Å²) in [5, 5.41) is 0. The van der Waals surface area contributed by atoms with Gasteiger partial charge in [0.05, 0.1) is 17.5 Å². The van der Waals surface area contributed by atoms with Gasteiger partial charge < -0.3 is 0 Å². The number of hydrogen-bond donors (Lipinski definition) is 0. The summed E-state index contributed by atoms with van der Waals surface area (Å²) < 4.78 is 61.0. The van der Waals surface area contributed by atoms with Crippen LogP contribution in [0.3, 0.4) is 0 Å². The van der Waals surface area contributed by atoms with Crippen molar-refractivity contribution in [2.45, 2.75) is 13.1 Å². The minimum atomic E-state index is -4.48. The average molecular weight is 267 g/mol. The summed E-state index contributed by atoms with van der Waals surface area (Å²) in [7, 11) is -3.56. The number of benzene rings is 1. The first-order valence-corrected chi connectivity index (χ1v) is 6.66. The Balaban J connectivity index is 3.24.